The second-order valence-corrected chi connectivity index (χ2v) is 10.5. The lowest BCUT2D eigenvalue weighted by molar-refractivity contribution is -0.140. The number of nitrogens with zero attached hydrogens (tertiary/aromatic N) is 2. The molecule has 0 saturated carbocycles. The van der Waals surface area contributed by atoms with E-state index in [1.165, 1.54) is 20.1 Å². The van der Waals surface area contributed by atoms with Gasteiger partial charge in [-0.25, -0.2) is 0 Å². The third kappa shape index (κ3) is 4.05. The molecule has 2 aromatic heterocycles. The molecule has 0 fully saturated rings. The van der Waals surface area contributed by atoms with Crippen molar-refractivity contribution < 1.29 is 34.4 Å². The van der Waals surface area contributed by atoms with Gasteiger partial charge < -0.3 is 29.4 Å². The number of methoxy groups -OCH3 is 1. The summed E-state index contributed by atoms with van der Waals surface area (Å²) >= 11 is 0. The lowest BCUT2D eigenvalue weighted by atomic mass is 9.83. The highest BCUT2D eigenvalue weighted by Crippen LogP contribution is 2.50. The zero-order valence-electron chi connectivity index (χ0n) is 22.7. The molecule has 3 N–H and O–H groups in total. The molecule has 10 heteroatoms. The van der Waals surface area contributed by atoms with E-state index in [-0.39, 0.29) is 40.2 Å². The number of fused-ring (bicyclic) bond motifs is 1. The number of rotatable bonds is 6. The molecule has 2 aromatic carbocycles. The number of esters is 1. The summed E-state index contributed by atoms with van der Waals surface area (Å²) in [5, 5.41) is 34.8. The fraction of sp³-hybridized carbons (Fsp3) is 0.290. The van der Waals surface area contributed by atoms with Crippen LogP contribution in [0, 0.1) is 6.92 Å². The van der Waals surface area contributed by atoms with Crippen LogP contribution in [0.5, 0.6) is 17.2 Å². The lowest BCUT2D eigenvalue weighted by Gasteiger charge is -2.25. The van der Waals surface area contributed by atoms with E-state index in [1.54, 1.807) is 23.8 Å². The summed E-state index contributed by atoms with van der Waals surface area (Å²) in [5.74, 6) is -3.47. The van der Waals surface area contributed by atoms with E-state index in [0.29, 0.717) is 29.8 Å². The molecule has 0 unspecified atom stereocenters. The highest BCUT2D eigenvalue weighted by Gasteiger charge is 2.37. The van der Waals surface area contributed by atoms with Gasteiger partial charge in [-0.1, -0.05) is 18.2 Å². The Morgan fingerprint density at radius 1 is 1.15 bits per heavy atom. The molecule has 41 heavy (non-hydrogen) atoms. The number of phenols is 2. The van der Waals surface area contributed by atoms with Crippen molar-refractivity contribution in [3.05, 3.63) is 91.5 Å². The zero-order valence-corrected chi connectivity index (χ0v) is 22.7. The van der Waals surface area contributed by atoms with Gasteiger partial charge in [-0.15, -0.1) is 0 Å². The molecule has 0 saturated heterocycles. The van der Waals surface area contributed by atoms with Crippen LogP contribution < -0.4 is 5.56 Å². The van der Waals surface area contributed by atoms with Crippen LogP contribution in [0.15, 0.2) is 41.3 Å². The summed E-state index contributed by atoms with van der Waals surface area (Å²) in [4.78, 5) is 43.5. The van der Waals surface area contributed by atoms with Crippen molar-refractivity contribution >= 4 is 22.7 Å². The monoisotopic (exact) mass is 556 g/mol. The predicted molar refractivity (Wildman–Crippen MR) is 147 cm³/mol. The molecule has 2 aliphatic heterocycles. The normalized spacial score (nSPS) is 16.1. The third-order valence-electron chi connectivity index (χ3n) is 8.18. The van der Waals surface area contributed by atoms with Gasteiger partial charge >= 0.3 is 5.97 Å². The molecule has 4 heterocycles. The van der Waals surface area contributed by atoms with E-state index in [4.69, 9.17) is 9.47 Å². The van der Waals surface area contributed by atoms with Gasteiger partial charge in [0.1, 0.15) is 23.4 Å². The van der Waals surface area contributed by atoms with Crippen molar-refractivity contribution in [2.75, 3.05) is 7.11 Å². The van der Waals surface area contributed by atoms with Crippen LogP contribution in [-0.2, 0) is 33.8 Å². The first-order chi connectivity index (χ1) is 19.6. The van der Waals surface area contributed by atoms with E-state index in [9.17, 15) is 29.7 Å². The third-order valence-corrected chi connectivity index (χ3v) is 8.18. The highest BCUT2D eigenvalue weighted by atomic mass is 16.5. The first-order valence-corrected chi connectivity index (χ1v) is 13.2. The summed E-state index contributed by atoms with van der Waals surface area (Å²) in [6, 6.07) is 8.69. The molecule has 0 amide bonds. The number of ether oxygens (including phenoxy) is 2. The summed E-state index contributed by atoms with van der Waals surface area (Å²) in [5.41, 5.74) is 2.78. The number of ketones is 1. The average molecular weight is 557 g/mol. The molecule has 6 rings (SSSR count). The van der Waals surface area contributed by atoms with E-state index >= 15 is 0 Å². The van der Waals surface area contributed by atoms with Crippen LogP contribution in [0.25, 0.3) is 10.9 Å². The number of Topliss-reactive ketones (excluding diaryl/α,β-unsaturated/α-hetero) is 1. The van der Waals surface area contributed by atoms with Crippen molar-refractivity contribution in [3.63, 3.8) is 0 Å². The minimum Gasteiger partial charge on any atom is -0.507 e. The van der Waals surface area contributed by atoms with Gasteiger partial charge in [-0.05, 0) is 43.4 Å². The Balaban J connectivity index is 1.63. The van der Waals surface area contributed by atoms with Crippen molar-refractivity contribution in [1.82, 2.24) is 9.55 Å². The van der Waals surface area contributed by atoms with Crippen LogP contribution in [0.2, 0.25) is 0 Å². The molecule has 0 spiro atoms. The number of carbonyl (C=O) groups excluding carboxylic acids is 2. The second kappa shape index (κ2) is 9.74. The quantitative estimate of drug-likeness (QED) is 0.238. The maximum atomic E-state index is 13.9. The first-order valence-electron chi connectivity index (χ1n) is 13.2. The Morgan fingerprint density at radius 3 is 2.66 bits per heavy atom. The summed E-state index contributed by atoms with van der Waals surface area (Å²) < 4.78 is 12.5. The summed E-state index contributed by atoms with van der Waals surface area (Å²) in [7, 11) is 1.21. The van der Waals surface area contributed by atoms with Gasteiger partial charge in [0.2, 0.25) is 0 Å². The maximum Gasteiger partial charge on any atom is 0.306 e. The van der Waals surface area contributed by atoms with Crippen LogP contribution in [0.3, 0.4) is 0 Å². The van der Waals surface area contributed by atoms with Gasteiger partial charge in [0, 0.05) is 46.5 Å². The van der Waals surface area contributed by atoms with Gasteiger partial charge in [0.05, 0.1) is 36.9 Å². The largest absolute Gasteiger partial charge is 0.507 e. The number of phenolic OH excluding ortho intramolecular Hbond substituents is 2. The fourth-order valence-electron chi connectivity index (χ4n) is 6.12. The van der Waals surface area contributed by atoms with Gasteiger partial charge in [0.15, 0.2) is 5.78 Å². The summed E-state index contributed by atoms with van der Waals surface area (Å²) in [6.45, 7) is 3.43. The number of aromatic hydroxyl groups is 3. The van der Waals surface area contributed by atoms with Gasteiger partial charge in [-0.2, -0.15) is 0 Å². The number of benzene rings is 2. The van der Waals surface area contributed by atoms with E-state index < -0.39 is 41.7 Å². The standard InChI is InChI=1S/C31H28N2O8/c1-14-27(36)24-18(12-32-14)13-41-30(24)22-10-19(15(2)34)28(37)25(29(22)38)20(11-23(35)40-3)21-9-17-6-4-5-16-7-8-33(26(16)17)31(21)39/h4-6,9-10,12,20,30,36-38H,7-8,11,13H2,1-3H3/t20-,30+/m0/s1. The predicted octanol–water partition coefficient (Wildman–Crippen LogP) is 3.90. The molecule has 10 nitrogen and oxygen atoms in total. The smallest absolute Gasteiger partial charge is 0.306 e. The number of para-hydroxylation sites is 1. The minimum atomic E-state index is -1.17. The Hall–Kier alpha value is -4.70. The molecular weight excluding hydrogens is 528 g/mol. The molecule has 2 atom stereocenters. The Kier molecular flexibility index (Phi) is 6.30. The molecule has 2 aliphatic rings. The topological polar surface area (TPSA) is 148 Å². The van der Waals surface area contributed by atoms with Crippen molar-refractivity contribution in [1.29, 1.82) is 0 Å². The molecular formula is C31H28N2O8. The number of pyridine rings is 2. The Bertz CT molecular complexity index is 1840. The highest BCUT2D eigenvalue weighted by molar-refractivity contribution is 5.98. The Morgan fingerprint density at radius 2 is 1.93 bits per heavy atom. The van der Waals surface area contributed by atoms with Crippen molar-refractivity contribution in [3.8, 4) is 17.2 Å². The molecule has 0 bridgehead atoms. The number of carbonyl (C=O) groups is 2. The molecule has 0 radical (unpaired) electrons. The summed E-state index contributed by atoms with van der Waals surface area (Å²) in [6.07, 6.45) is 0.854. The maximum absolute atomic E-state index is 13.9. The number of hydrogen-bond acceptors (Lipinski definition) is 9. The molecule has 4 aromatic rings. The molecule has 0 aliphatic carbocycles. The van der Waals surface area contributed by atoms with Crippen molar-refractivity contribution in [2.45, 2.75) is 51.9 Å². The van der Waals surface area contributed by atoms with E-state index in [1.807, 2.05) is 18.2 Å². The van der Waals surface area contributed by atoms with E-state index in [2.05, 4.69) is 4.98 Å². The van der Waals surface area contributed by atoms with Crippen LogP contribution in [0.1, 0.15) is 74.8 Å². The fourth-order valence-corrected chi connectivity index (χ4v) is 6.12. The second-order valence-electron chi connectivity index (χ2n) is 10.5. The minimum absolute atomic E-state index is 0.0925. The van der Waals surface area contributed by atoms with Gasteiger partial charge in [0.25, 0.3) is 5.56 Å². The number of aryl methyl sites for hydroxylation is 3. The van der Waals surface area contributed by atoms with Crippen LogP contribution >= 0.6 is 0 Å². The Labute approximate surface area is 234 Å². The van der Waals surface area contributed by atoms with E-state index in [0.717, 1.165) is 16.5 Å². The average Bonchev–Trinajstić information content (AvgIpc) is 3.58. The van der Waals surface area contributed by atoms with Gasteiger partial charge in [-0.3, -0.25) is 19.4 Å². The van der Waals surface area contributed by atoms with Crippen LogP contribution in [0.4, 0.5) is 0 Å². The lowest BCUT2D eigenvalue weighted by Crippen LogP contribution is -2.26. The SMILES string of the molecule is COC(=O)C[C@H](c1c(O)c(C(C)=O)cc([C@H]2OCc3cnc(C)c(O)c32)c1O)c1cc2cccc3c2n(c1=O)CC3. The molecule has 210 valence electrons. The number of hydrogen-bond donors (Lipinski definition) is 3. The first kappa shape index (κ1) is 26.5. The zero-order chi connectivity index (χ0) is 29.2. The number of aromatic nitrogens is 2. The van der Waals surface area contributed by atoms with Crippen molar-refractivity contribution in [2.24, 2.45) is 0 Å². The van der Waals surface area contributed by atoms with Crippen LogP contribution in [-0.4, -0.2) is 43.7 Å².